The van der Waals surface area contributed by atoms with Gasteiger partial charge in [0.15, 0.2) is 0 Å². The second-order valence-electron chi connectivity index (χ2n) is 3.57. The van der Waals surface area contributed by atoms with E-state index in [4.69, 9.17) is 4.42 Å². The summed E-state index contributed by atoms with van der Waals surface area (Å²) in [5.74, 6) is 1.78. The third kappa shape index (κ3) is 2.54. The molecule has 0 saturated heterocycles. The Labute approximate surface area is 85.1 Å². The molecule has 1 heterocycles. The zero-order valence-electron chi connectivity index (χ0n) is 9.37. The van der Waals surface area contributed by atoms with Gasteiger partial charge in [0.25, 0.3) is 0 Å². The summed E-state index contributed by atoms with van der Waals surface area (Å²) in [6, 6.07) is 0.144. The second-order valence-corrected chi connectivity index (χ2v) is 3.57. The maximum absolute atomic E-state index is 5.57. The van der Waals surface area contributed by atoms with Crippen LogP contribution in [0.15, 0.2) is 4.42 Å². The van der Waals surface area contributed by atoms with Crippen LogP contribution in [0.1, 0.15) is 57.9 Å². The highest BCUT2D eigenvalue weighted by molar-refractivity contribution is 4.92. The molecule has 0 amide bonds. The van der Waals surface area contributed by atoms with Crippen molar-refractivity contribution in [2.75, 3.05) is 6.54 Å². The minimum absolute atomic E-state index is 0.144. The summed E-state index contributed by atoms with van der Waals surface area (Å²) < 4.78 is 5.57. The molecule has 0 radical (unpaired) electrons. The molecule has 0 aliphatic rings. The van der Waals surface area contributed by atoms with Gasteiger partial charge in [0.05, 0.1) is 6.04 Å². The molecule has 0 saturated carbocycles. The summed E-state index contributed by atoms with van der Waals surface area (Å²) >= 11 is 0. The molecule has 2 unspecified atom stereocenters. The lowest BCUT2D eigenvalue weighted by Gasteiger charge is -2.06. The van der Waals surface area contributed by atoms with Crippen molar-refractivity contribution in [3.05, 3.63) is 11.8 Å². The largest absolute Gasteiger partial charge is 0.423 e. The van der Waals surface area contributed by atoms with E-state index in [1.54, 1.807) is 0 Å². The third-order valence-electron chi connectivity index (χ3n) is 2.37. The van der Waals surface area contributed by atoms with Crippen molar-refractivity contribution in [1.29, 1.82) is 0 Å². The first-order valence-corrected chi connectivity index (χ1v) is 5.25. The van der Waals surface area contributed by atoms with Crippen molar-refractivity contribution in [3.8, 4) is 0 Å². The fourth-order valence-electron chi connectivity index (χ4n) is 1.19. The van der Waals surface area contributed by atoms with Gasteiger partial charge >= 0.3 is 0 Å². The van der Waals surface area contributed by atoms with Gasteiger partial charge in [0, 0.05) is 5.92 Å². The smallest absolute Gasteiger partial charge is 0.233 e. The van der Waals surface area contributed by atoms with Crippen LogP contribution in [0.5, 0.6) is 0 Å². The topological polar surface area (TPSA) is 51.0 Å². The summed E-state index contributed by atoms with van der Waals surface area (Å²) in [4.78, 5) is 0. The van der Waals surface area contributed by atoms with Crippen LogP contribution in [0.2, 0.25) is 0 Å². The Bertz CT molecular complexity index is 272. The fraction of sp³-hybridized carbons (Fsp3) is 0.800. The van der Waals surface area contributed by atoms with Crippen molar-refractivity contribution in [3.63, 3.8) is 0 Å². The first-order chi connectivity index (χ1) is 6.69. The lowest BCUT2D eigenvalue weighted by atomic mass is 10.1. The fourth-order valence-corrected chi connectivity index (χ4v) is 1.19. The van der Waals surface area contributed by atoms with Gasteiger partial charge in [-0.1, -0.05) is 20.8 Å². The molecule has 4 nitrogen and oxygen atoms in total. The van der Waals surface area contributed by atoms with Gasteiger partial charge in [0.2, 0.25) is 11.8 Å². The summed E-state index contributed by atoms with van der Waals surface area (Å²) in [5, 5.41) is 11.3. The normalized spacial score (nSPS) is 15.4. The number of aromatic nitrogens is 2. The summed E-state index contributed by atoms with van der Waals surface area (Å²) in [6.45, 7) is 9.19. The molecule has 80 valence electrons. The molecule has 0 fully saturated rings. The molecule has 0 aliphatic heterocycles. The Kier molecular flexibility index (Phi) is 4.07. The lowest BCUT2D eigenvalue weighted by Crippen LogP contribution is -2.17. The Morgan fingerprint density at radius 1 is 1.21 bits per heavy atom. The maximum Gasteiger partial charge on any atom is 0.233 e. The van der Waals surface area contributed by atoms with Gasteiger partial charge in [-0.3, -0.25) is 0 Å². The monoisotopic (exact) mass is 197 g/mol. The molecule has 0 aromatic carbocycles. The third-order valence-corrected chi connectivity index (χ3v) is 2.37. The maximum atomic E-state index is 5.57. The van der Waals surface area contributed by atoms with Crippen LogP contribution in [0, 0.1) is 0 Å². The minimum Gasteiger partial charge on any atom is -0.423 e. The van der Waals surface area contributed by atoms with Gasteiger partial charge < -0.3 is 9.73 Å². The molecule has 0 aliphatic carbocycles. The van der Waals surface area contributed by atoms with E-state index in [1.165, 1.54) is 0 Å². The first-order valence-electron chi connectivity index (χ1n) is 5.25. The highest BCUT2D eigenvalue weighted by Crippen LogP contribution is 2.19. The molecule has 1 aromatic heterocycles. The molecule has 1 N–H and O–H groups in total. The predicted octanol–water partition coefficient (Wildman–Crippen LogP) is 2.25. The summed E-state index contributed by atoms with van der Waals surface area (Å²) in [5.41, 5.74) is 0. The number of hydrogen-bond donors (Lipinski definition) is 1. The molecule has 2 atom stereocenters. The highest BCUT2D eigenvalue weighted by Gasteiger charge is 2.15. The van der Waals surface area contributed by atoms with E-state index in [-0.39, 0.29) is 6.04 Å². The molecular formula is C10H19N3O. The van der Waals surface area contributed by atoms with Crippen LogP contribution in [-0.4, -0.2) is 16.7 Å². The van der Waals surface area contributed by atoms with Crippen molar-refractivity contribution in [2.45, 2.75) is 46.1 Å². The van der Waals surface area contributed by atoms with Crippen LogP contribution in [-0.2, 0) is 0 Å². The summed E-state index contributed by atoms with van der Waals surface area (Å²) in [7, 11) is 0. The summed E-state index contributed by atoms with van der Waals surface area (Å²) in [6.07, 6.45) is 1.03. The van der Waals surface area contributed by atoms with Crippen molar-refractivity contribution >= 4 is 0 Å². The van der Waals surface area contributed by atoms with Gasteiger partial charge in [-0.2, -0.15) is 0 Å². The standard InChI is InChI=1S/C10H19N3O/c1-5-7(3)9-12-13-10(14-9)8(4)11-6-2/h7-8,11H,5-6H2,1-4H3. The van der Waals surface area contributed by atoms with E-state index >= 15 is 0 Å². The highest BCUT2D eigenvalue weighted by atomic mass is 16.4. The van der Waals surface area contributed by atoms with Crippen molar-refractivity contribution in [2.24, 2.45) is 0 Å². The van der Waals surface area contributed by atoms with E-state index in [9.17, 15) is 0 Å². The van der Waals surface area contributed by atoms with E-state index in [1.807, 2.05) is 6.92 Å². The predicted molar refractivity (Wildman–Crippen MR) is 55.1 cm³/mol. The van der Waals surface area contributed by atoms with Gasteiger partial charge in [-0.25, -0.2) is 0 Å². The molecule has 0 spiro atoms. The van der Waals surface area contributed by atoms with E-state index in [2.05, 4.69) is 36.3 Å². The minimum atomic E-state index is 0.144. The average molecular weight is 197 g/mol. The molecular weight excluding hydrogens is 178 g/mol. The zero-order chi connectivity index (χ0) is 10.6. The number of nitrogens with one attached hydrogen (secondary N) is 1. The SMILES string of the molecule is CCNC(C)c1nnc(C(C)CC)o1. The lowest BCUT2D eigenvalue weighted by molar-refractivity contribution is 0.379. The molecule has 4 heteroatoms. The van der Waals surface area contributed by atoms with Crippen molar-refractivity contribution in [1.82, 2.24) is 15.5 Å². The Morgan fingerprint density at radius 3 is 2.43 bits per heavy atom. The average Bonchev–Trinajstić information content (AvgIpc) is 2.66. The van der Waals surface area contributed by atoms with Crippen LogP contribution in [0.3, 0.4) is 0 Å². The van der Waals surface area contributed by atoms with Crippen LogP contribution in [0.4, 0.5) is 0 Å². The molecule has 1 aromatic rings. The Hall–Kier alpha value is -0.900. The molecule has 14 heavy (non-hydrogen) atoms. The second kappa shape index (κ2) is 5.10. The van der Waals surface area contributed by atoms with Crippen LogP contribution < -0.4 is 5.32 Å². The van der Waals surface area contributed by atoms with Crippen LogP contribution >= 0.6 is 0 Å². The van der Waals surface area contributed by atoms with Crippen LogP contribution in [0.25, 0.3) is 0 Å². The zero-order valence-corrected chi connectivity index (χ0v) is 9.37. The quantitative estimate of drug-likeness (QED) is 0.786. The van der Waals surface area contributed by atoms with Gasteiger partial charge in [-0.15, -0.1) is 10.2 Å². The number of hydrogen-bond acceptors (Lipinski definition) is 4. The first kappa shape index (κ1) is 11.2. The van der Waals surface area contributed by atoms with E-state index in [0.717, 1.165) is 18.9 Å². The van der Waals surface area contributed by atoms with Gasteiger partial charge in [0.1, 0.15) is 0 Å². The molecule has 1 rings (SSSR count). The Balaban J connectivity index is 2.67. The van der Waals surface area contributed by atoms with Gasteiger partial charge in [-0.05, 0) is 19.9 Å². The van der Waals surface area contributed by atoms with Crippen molar-refractivity contribution < 1.29 is 4.42 Å². The number of rotatable bonds is 5. The van der Waals surface area contributed by atoms with E-state index in [0.29, 0.717) is 11.8 Å². The Morgan fingerprint density at radius 2 is 1.86 bits per heavy atom. The van der Waals surface area contributed by atoms with E-state index < -0.39 is 0 Å². The number of nitrogens with zero attached hydrogens (tertiary/aromatic N) is 2. The molecule has 0 bridgehead atoms.